The molecule has 3 heteroatoms. The van der Waals surface area contributed by atoms with Crippen LogP contribution in [0.25, 0.3) is 17.4 Å². The first-order valence-corrected chi connectivity index (χ1v) is 5.02. The molecule has 0 aromatic carbocycles. The molecule has 3 aliphatic rings. The predicted molar refractivity (Wildman–Crippen MR) is 59.6 cm³/mol. The van der Waals surface area contributed by atoms with Gasteiger partial charge in [0.25, 0.3) is 0 Å². The van der Waals surface area contributed by atoms with E-state index < -0.39 is 0 Å². The molecule has 0 spiro atoms. The van der Waals surface area contributed by atoms with E-state index in [-0.39, 0.29) is 11.2 Å². The fraction of sp³-hybridized carbons (Fsp3) is 0.0769. The van der Waals surface area contributed by atoms with Gasteiger partial charge in [0.1, 0.15) is 11.5 Å². The Morgan fingerprint density at radius 1 is 1.12 bits per heavy atom. The van der Waals surface area contributed by atoms with Gasteiger partial charge < -0.3 is 4.42 Å². The fourth-order valence-corrected chi connectivity index (χ4v) is 1.87. The molecule has 16 heavy (non-hydrogen) atoms. The maximum atomic E-state index is 11.6. The summed E-state index contributed by atoms with van der Waals surface area (Å²) in [6, 6.07) is 6.47. The number of benzene rings is 1. The van der Waals surface area contributed by atoms with E-state index in [1.54, 1.807) is 30.4 Å². The highest BCUT2D eigenvalue weighted by atomic mass is 16.3. The van der Waals surface area contributed by atoms with Crippen molar-refractivity contribution in [1.82, 2.24) is 0 Å². The van der Waals surface area contributed by atoms with Crippen LogP contribution >= 0.6 is 0 Å². The van der Waals surface area contributed by atoms with Gasteiger partial charge in [0.2, 0.25) is 0 Å². The monoisotopic (exact) mass is 212 g/mol. The van der Waals surface area contributed by atoms with E-state index in [1.165, 1.54) is 6.07 Å². The van der Waals surface area contributed by atoms with Crippen LogP contribution in [0.2, 0.25) is 0 Å². The third-order valence-corrected chi connectivity index (χ3v) is 2.67. The topological polar surface area (TPSA) is 47.3 Å². The van der Waals surface area contributed by atoms with Crippen molar-refractivity contribution >= 4 is 11.9 Å². The summed E-state index contributed by atoms with van der Waals surface area (Å²) in [5.74, 6) is 1.05. The SMILES string of the molecule is O=C1CC=Cc2oc3cccc(=O)c-3cc21. The van der Waals surface area contributed by atoms with Crippen molar-refractivity contribution in [1.29, 1.82) is 0 Å². The van der Waals surface area contributed by atoms with Crippen molar-refractivity contribution in [2.45, 2.75) is 6.42 Å². The summed E-state index contributed by atoms with van der Waals surface area (Å²) >= 11 is 0. The molecule has 78 valence electrons. The number of hydrogen-bond acceptors (Lipinski definition) is 3. The Kier molecular flexibility index (Phi) is 1.80. The largest absolute Gasteiger partial charge is 0.456 e. The molecule has 1 aliphatic heterocycles. The van der Waals surface area contributed by atoms with Gasteiger partial charge in [-0.15, -0.1) is 0 Å². The second-order valence-corrected chi connectivity index (χ2v) is 3.72. The van der Waals surface area contributed by atoms with E-state index in [9.17, 15) is 9.59 Å². The van der Waals surface area contributed by atoms with Crippen molar-refractivity contribution in [3.63, 3.8) is 0 Å². The van der Waals surface area contributed by atoms with E-state index in [4.69, 9.17) is 4.42 Å². The van der Waals surface area contributed by atoms with Gasteiger partial charge in [0.15, 0.2) is 11.2 Å². The Morgan fingerprint density at radius 2 is 2.00 bits per heavy atom. The Bertz CT molecular complexity index is 634. The standard InChI is InChI=1S/C13H8O3/c14-10-3-1-5-12-8(10)7-9-11(15)4-2-6-13(9)16-12/h1-3,5-7H,4H2. The quantitative estimate of drug-likeness (QED) is 0.673. The highest BCUT2D eigenvalue weighted by Gasteiger charge is 2.19. The number of rotatable bonds is 0. The number of carbonyl (C=O) groups excluding carboxylic acids is 1. The van der Waals surface area contributed by atoms with Crippen LogP contribution in [0.1, 0.15) is 22.5 Å². The molecular weight excluding hydrogens is 204 g/mol. The molecule has 0 bridgehead atoms. The van der Waals surface area contributed by atoms with E-state index in [0.717, 1.165) is 0 Å². The zero-order chi connectivity index (χ0) is 11.1. The lowest BCUT2D eigenvalue weighted by molar-refractivity contribution is 0.0992. The summed E-state index contributed by atoms with van der Waals surface area (Å²) in [5.41, 5.74) is 0.842. The second kappa shape index (κ2) is 3.17. The molecule has 0 atom stereocenters. The number of allylic oxidation sites excluding steroid dienone is 1. The first-order chi connectivity index (χ1) is 7.75. The van der Waals surface area contributed by atoms with E-state index in [1.807, 2.05) is 0 Å². The summed E-state index contributed by atoms with van der Waals surface area (Å²) in [4.78, 5) is 23.2. The maximum absolute atomic E-state index is 11.6. The normalized spacial score (nSPS) is 14.1. The predicted octanol–water partition coefficient (Wildman–Crippen LogP) is 2.34. The molecule has 3 rings (SSSR count). The van der Waals surface area contributed by atoms with Crippen LogP contribution < -0.4 is 5.43 Å². The number of Topliss-reactive ketones (excluding diaryl/α,β-unsaturated/α-hetero) is 1. The minimum Gasteiger partial charge on any atom is -0.456 e. The molecule has 0 saturated heterocycles. The van der Waals surface area contributed by atoms with Gasteiger partial charge in [-0.25, -0.2) is 0 Å². The van der Waals surface area contributed by atoms with Gasteiger partial charge in [0, 0.05) is 6.42 Å². The van der Waals surface area contributed by atoms with Crippen LogP contribution in [0.5, 0.6) is 0 Å². The summed E-state index contributed by atoms with van der Waals surface area (Å²) < 4.78 is 5.53. The zero-order valence-corrected chi connectivity index (χ0v) is 8.40. The molecular formula is C13H8O3. The summed E-state index contributed by atoms with van der Waals surface area (Å²) in [6.45, 7) is 0. The van der Waals surface area contributed by atoms with Gasteiger partial charge in [-0.3, -0.25) is 9.59 Å². The van der Waals surface area contributed by atoms with E-state index >= 15 is 0 Å². The Labute approximate surface area is 91.4 Å². The van der Waals surface area contributed by atoms with Crippen LogP contribution in [-0.4, -0.2) is 5.78 Å². The smallest absolute Gasteiger partial charge is 0.189 e. The summed E-state index contributed by atoms with van der Waals surface area (Å²) in [7, 11) is 0. The summed E-state index contributed by atoms with van der Waals surface area (Å²) in [6.07, 6.45) is 3.91. The fourth-order valence-electron chi connectivity index (χ4n) is 1.87. The number of hydrogen-bond donors (Lipinski definition) is 0. The molecule has 0 aromatic rings. The van der Waals surface area contributed by atoms with Crippen LogP contribution in [-0.2, 0) is 0 Å². The average molecular weight is 212 g/mol. The lowest BCUT2D eigenvalue weighted by Gasteiger charge is -2.12. The van der Waals surface area contributed by atoms with Crippen LogP contribution in [0.4, 0.5) is 0 Å². The Hall–Kier alpha value is -2.16. The number of fused-ring (bicyclic) bond motifs is 2. The molecule has 0 amide bonds. The Balaban J connectivity index is 2.42. The lowest BCUT2D eigenvalue weighted by atomic mass is 9.98. The molecule has 0 N–H and O–H groups in total. The molecule has 0 saturated carbocycles. The maximum Gasteiger partial charge on any atom is 0.189 e. The van der Waals surface area contributed by atoms with Crippen LogP contribution in [0.15, 0.2) is 39.6 Å². The number of carbonyl (C=O) groups is 1. The van der Waals surface area contributed by atoms with E-state index in [2.05, 4.69) is 0 Å². The average Bonchev–Trinajstić information content (AvgIpc) is 2.28. The first kappa shape index (κ1) is 9.09. The summed E-state index contributed by atoms with van der Waals surface area (Å²) in [5, 5.41) is 0. The minimum absolute atomic E-state index is 0.00796. The van der Waals surface area contributed by atoms with Crippen molar-refractivity contribution in [2.24, 2.45) is 0 Å². The van der Waals surface area contributed by atoms with Gasteiger partial charge in [0.05, 0.1) is 11.1 Å². The third-order valence-electron chi connectivity index (χ3n) is 2.67. The van der Waals surface area contributed by atoms with E-state index in [0.29, 0.717) is 29.1 Å². The minimum atomic E-state index is -0.119. The van der Waals surface area contributed by atoms with Crippen molar-refractivity contribution in [3.05, 3.63) is 51.9 Å². The van der Waals surface area contributed by atoms with Crippen molar-refractivity contribution in [2.75, 3.05) is 0 Å². The zero-order valence-electron chi connectivity index (χ0n) is 8.40. The van der Waals surface area contributed by atoms with Crippen molar-refractivity contribution < 1.29 is 9.21 Å². The van der Waals surface area contributed by atoms with Crippen LogP contribution in [0.3, 0.4) is 0 Å². The highest BCUT2D eigenvalue weighted by molar-refractivity contribution is 6.02. The van der Waals surface area contributed by atoms with Gasteiger partial charge in [-0.05, 0) is 24.3 Å². The molecule has 2 aliphatic carbocycles. The van der Waals surface area contributed by atoms with Crippen LogP contribution in [0, 0.1) is 0 Å². The highest BCUT2D eigenvalue weighted by Crippen LogP contribution is 2.27. The Morgan fingerprint density at radius 3 is 2.88 bits per heavy atom. The second-order valence-electron chi connectivity index (χ2n) is 3.72. The van der Waals surface area contributed by atoms with Gasteiger partial charge in [-0.1, -0.05) is 12.1 Å². The molecule has 3 nitrogen and oxygen atoms in total. The molecule has 0 aromatic heterocycles. The van der Waals surface area contributed by atoms with Gasteiger partial charge >= 0.3 is 0 Å². The van der Waals surface area contributed by atoms with Crippen molar-refractivity contribution in [3.8, 4) is 11.3 Å². The third kappa shape index (κ3) is 1.21. The molecule has 1 heterocycles. The molecule has 0 fully saturated rings. The molecule has 0 radical (unpaired) electrons. The molecule has 0 unspecified atom stereocenters. The lowest BCUT2D eigenvalue weighted by Crippen LogP contribution is -2.09. The first-order valence-electron chi connectivity index (χ1n) is 5.02. The number of ketones is 1. The van der Waals surface area contributed by atoms with Gasteiger partial charge in [-0.2, -0.15) is 0 Å².